The Labute approximate surface area is 72.6 Å². The smallest absolute Gasteiger partial charge is 0.0619 e. The summed E-state index contributed by atoms with van der Waals surface area (Å²) >= 11 is 5.37. The van der Waals surface area contributed by atoms with Crippen molar-refractivity contribution < 1.29 is 4.74 Å². The summed E-state index contributed by atoms with van der Waals surface area (Å²) < 4.78 is 5.29. The molecule has 1 aliphatic heterocycles. The van der Waals surface area contributed by atoms with Crippen LogP contribution < -0.4 is 5.32 Å². The monoisotopic (exact) mass is 175 g/mol. The Kier molecular flexibility index (Phi) is 4.59. The zero-order valence-corrected chi connectivity index (χ0v) is 7.31. The van der Waals surface area contributed by atoms with Crippen molar-refractivity contribution in [3.8, 4) is 0 Å². The van der Waals surface area contributed by atoms with Crippen LogP contribution in [0.4, 0.5) is 0 Å². The van der Waals surface area contributed by atoms with Crippen molar-refractivity contribution in [1.29, 1.82) is 0 Å². The molecule has 0 saturated carbocycles. The van der Waals surface area contributed by atoms with Crippen LogP contribution in [-0.4, -0.2) is 25.8 Å². The van der Waals surface area contributed by atoms with E-state index in [9.17, 15) is 0 Å². The molecule has 1 atom stereocenters. The third-order valence-electron chi connectivity index (χ3n) is 1.77. The molecule has 1 fully saturated rings. The van der Waals surface area contributed by atoms with Crippen molar-refractivity contribution in [3.05, 3.63) is 11.6 Å². The third-order valence-corrected chi connectivity index (χ3v) is 1.95. The average molecular weight is 176 g/mol. The van der Waals surface area contributed by atoms with Crippen LogP contribution in [0.25, 0.3) is 0 Å². The first-order valence-corrected chi connectivity index (χ1v) is 4.43. The predicted octanol–water partition coefficient (Wildman–Crippen LogP) is 1.51. The molecule has 11 heavy (non-hydrogen) atoms. The van der Waals surface area contributed by atoms with Crippen LogP contribution in [0.15, 0.2) is 11.6 Å². The molecule has 0 bridgehead atoms. The summed E-state index contributed by atoms with van der Waals surface area (Å²) in [5.74, 6) is 0. The van der Waals surface area contributed by atoms with Crippen LogP contribution >= 0.6 is 11.6 Å². The second kappa shape index (κ2) is 5.58. The molecule has 0 aromatic rings. The topological polar surface area (TPSA) is 21.3 Å². The van der Waals surface area contributed by atoms with E-state index in [4.69, 9.17) is 16.3 Å². The molecule has 0 aromatic heterocycles. The van der Waals surface area contributed by atoms with Crippen LogP contribution in [0.1, 0.15) is 12.8 Å². The van der Waals surface area contributed by atoms with E-state index in [0.717, 1.165) is 19.8 Å². The van der Waals surface area contributed by atoms with Crippen LogP contribution in [0.5, 0.6) is 0 Å². The molecule has 0 aliphatic carbocycles. The van der Waals surface area contributed by atoms with E-state index >= 15 is 0 Å². The molecular formula is C8H14ClNO. The SMILES string of the molecule is Cl/C=C/CNC1CCCOC1. The van der Waals surface area contributed by atoms with E-state index in [2.05, 4.69) is 5.32 Å². The van der Waals surface area contributed by atoms with E-state index < -0.39 is 0 Å². The Morgan fingerprint density at radius 1 is 1.64 bits per heavy atom. The van der Waals surface area contributed by atoms with Crippen molar-refractivity contribution in [2.75, 3.05) is 19.8 Å². The summed E-state index contributed by atoms with van der Waals surface area (Å²) in [5.41, 5.74) is 1.54. The fourth-order valence-electron chi connectivity index (χ4n) is 1.18. The summed E-state index contributed by atoms with van der Waals surface area (Å²) in [6.07, 6.45) is 4.29. The largest absolute Gasteiger partial charge is 0.380 e. The minimum absolute atomic E-state index is 0.525. The zero-order chi connectivity index (χ0) is 7.94. The van der Waals surface area contributed by atoms with Crippen molar-refractivity contribution in [3.63, 3.8) is 0 Å². The van der Waals surface area contributed by atoms with Crippen LogP contribution in [0.2, 0.25) is 0 Å². The summed E-state index contributed by atoms with van der Waals surface area (Å²) in [6, 6.07) is 0.525. The molecular weight excluding hydrogens is 162 g/mol. The molecule has 2 nitrogen and oxygen atoms in total. The van der Waals surface area contributed by atoms with E-state index in [0.29, 0.717) is 6.04 Å². The summed E-state index contributed by atoms with van der Waals surface area (Å²) in [7, 11) is 0. The van der Waals surface area contributed by atoms with Crippen molar-refractivity contribution in [1.82, 2.24) is 5.32 Å². The minimum atomic E-state index is 0.525. The number of ether oxygens (including phenoxy) is 1. The van der Waals surface area contributed by atoms with Gasteiger partial charge in [0, 0.05) is 24.7 Å². The lowest BCUT2D eigenvalue weighted by molar-refractivity contribution is 0.0717. The summed E-state index contributed by atoms with van der Waals surface area (Å²) in [4.78, 5) is 0. The highest BCUT2D eigenvalue weighted by atomic mass is 35.5. The molecule has 3 heteroatoms. The average Bonchev–Trinajstić information content (AvgIpc) is 2.07. The van der Waals surface area contributed by atoms with Crippen LogP contribution in [0.3, 0.4) is 0 Å². The van der Waals surface area contributed by atoms with Crippen molar-refractivity contribution in [2.24, 2.45) is 0 Å². The van der Waals surface area contributed by atoms with Gasteiger partial charge in [-0.05, 0) is 12.8 Å². The first kappa shape index (κ1) is 9.04. The normalized spacial score (nSPS) is 26.1. The van der Waals surface area contributed by atoms with Gasteiger partial charge >= 0.3 is 0 Å². The van der Waals surface area contributed by atoms with Crippen molar-refractivity contribution in [2.45, 2.75) is 18.9 Å². The van der Waals surface area contributed by atoms with Gasteiger partial charge in [-0.15, -0.1) is 0 Å². The Morgan fingerprint density at radius 3 is 3.18 bits per heavy atom. The van der Waals surface area contributed by atoms with Gasteiger partial charge in [-0.3, -0.25) is 0 Å². The van der Waals surface area contributed by atoms with Crippen LogP contribution in [-0.2, 0) is 4.74 Å². The number of halogens is 1. The quantitative estimate of drug-likeness (QED) is 0.702. The molecule has 1 unspecified atom stereocenters. The second-order valence-corrected chi connectivity index (χ2v) is 2.94. The lowest BCUT2D eigenvalue weighted by Gasteiger charge is -2.22. The second-order valence-electron chi connectivity index (χ2n) is 2.68. The molecule has 0 radical (unpaired) electrons. The summed E-state index contributed by atoms with van der Waals surface area (Å²) in [6.45, 7) is 2.61. The van der Waals surface area contributed by atoms with Gasteiger partial charge in [0.15, 0.2) is 0 Å². The molecule has 0 aromatic carbocycles. The Bertz CT molecular complexity index is 121. The van der Waals surface area contributed by atoms with E-state index in [1.807, 2.05) is 6.08 Å². The zero-order valence-electron chi connectivity index (χ0n) is 6.55. The van der Waals surface area contributed by atoms with Gasteiger partial charge in [-0.2, -0.15) is 0 Å². The number of nitrogens with one attached hydrogen (secondary N) is 1. The molecule has 0 amide bonds. The lowest BCUT2D eigenvalue weighted by atomic mass is 10.1. The molecule has 0 spiro atoms. The van der Waals surface area contributed by atoms with E-state index in [-0.39, 0.29) is 0 Å². The van der Waals surface area contributed by atoms with Gasteiger partial charge in [-0.25, -0.2) is 0 Å². The Morgan fingerprint density at radius 2 is 2.55 bits per heavy atom. The van der Waals surface area contributed by atoms with Crippen LogP contribution in [0, 0.1) is 0 Å². The van der Waals surface area contributed by atoms with Crippen molar-refractivity contribution >= 4 is 11.6 Å². The standard InChI is InChI=1S/C8H14ClNO/c9-4-2-5-10-8-3-1-6-11-7-8/h2,4,8,10H,1,3,5-7H2/b4-2+. The van der Waals surface area contributed by atoms with Gasteiger partial charge in [0.25, 0.3) is 0 Å². The molecule has 1 N–H and O–H groups in total. The highest BCUT2D eigenvalue weighted by Crippen LogP contribution is 2.04. The predicted molar refractivity (Wildman–Crippen MR) is 46.8 cm³/mol. The van der Waals surface area contributed by atoms with Gasteiger partial charge in [0.1, 0.15) is 0 Å². The third kappa shape index (κ3) is 3.75. The van der Waals surface area contributed by atoms with Gasteiger partial charge in [0.2, 0.25) is 0 Å². The molecule has 64 valence electrons. The first-order valence-electron chi connectivity index (χ1n) is 4.00. The van der Waals surface area contributed by atoms with E-state index in [1.54, 1.807) is 0 Å². The molecule has 1 heterocycles. The highest BCUT2D eigenvalue weighted by molar-refractivity contribution is 6.25. The van der Waals surface area contributed by atoms with Gasteiger partial charge in [0.05, 0.1) is 6.61 Å². The molecule has 1 rings (SSSR count). The Balaban J connectivity index is 2.04. The minimum Gasteiger partial charge on any atom is -0.380 e. The maximum Gasteiger partial charge on any atom is 0.0619 e. The molecule has 1 saturated heterocycles. The highest BCUT2D eigenvalue weighted by Gasteiger charge is 2.11. The van der Waals surface area contributed by atoms with E-state index in [1.165, 1.54) is 18.4 Å². The molecule has 1 aliphatic rings. The van der Waals surface area contributed by atoms with Gasteiger partial charge in [-0.1, -0.05) is 17.7 Å². The maximum absolute atomic E-state index is 5.37. The first-order chi connectivity index (χ1) is 5.43. The number of hydrogen-bond acceptors (Lipinski definition) is 2. The van der Waals surface area contributed by atoms with Gasteiger partial charge < -0.3 is 10.1 Å². The maximum atomic E-state index is 5.37. The Hall–Kier alpha value is -0.0500. The summed E-state index contributed by atoms with van der Waals surface area (Å²) in [5, 5.41) is 3.33. The number of hydrogen-bond donors (Lipinski definition) is 1. The lowest BCUT2D eigenvalue weighted by Crippen LogP contribution is -2.36. The fourth-order valence-corrected chi connectivity index (χ4v) is 1.27. The fraction of sp³-hybridized carbons (Fsp3) is 0.750. The number of rotatable bonds is 3.